The molecule has 0 radical (unpaired) electrons. The summed E-state index contributed by atoms with van der Waals surface area (Å²) in [5.41, 5.74) is 2.34. The molecule has 34 heavy (non-hydrogen) atoms. The fraction of sp³-hybridized carbons (Fsp3) is 0.160. The summed E-state index contributed by atoms with van der Waals surface area (Å²) in [5.74, 6) is 0.910. The Morgan fingerprint density at radius 2 is 1.85 bits per heavy atom. The van der Waals surface area contributed by atoms with Gasteiger partial charge in [-0.3, -0.25) is 14.6 Å². The van der Waals surface area contributed by atoms with Crippen molar-refractivity contribution in [1.29, 1.82) is 0 Å². The molecule has 2 aliphatic heterocycles. The van der Waals surface area contributed by atoms with Crippen LogP contribution in [0.3, 0.4) is 0 Å². The van der Waals surface area contributed by atoms with Crippen LogP contribution in [-0.2, 0) is 16.1 Å². The number of hydrogen-bond donors (Lipinski definition) is 2. The molecule has 7 nitrogen and oxygen atoms in total. The Bertz CT molecular complexity index is 1270. The van der Waals surface area contributed by atoms with E-state index < -0.39 is 5.25 Å². The normalized spacial score (nSPS) is 17.4. The fourth-order valence-corrected chi connectivity index (χ4v) is 4.96. The van der Waals surface area contributed by atoms with Crippen molar-refractivity contribution < 1.29 is 24.1 Å². The van der Waals surface area contributed by atoms with Crippen LogP contribution in [0.25, 0.3) is 0 Å². The van der Waals surface area contributed by atoms with Gasteiger partial charge in [-0.05, 0) is 59.8 Å². The summed E-state index contributed by atoms with van der Waals surface area (Å²) in [5, 5.41) is 3.91. The van der Waals surface area contributed by atoms with Crippen LogP contribution in [0.2, 0.25) is 5.02 Å². The summed E-state index contributed by atoms with van der Waals surface area (Å²) in [4.78, 5) is 30.4. The van der Waals surface area contributed by atoms with E-state index in [2.05, 4.69) is 10.3 Å². The lowest BCUT2D eigenvalue weighted by molar-refractivity contribution is -0.472. The van der Waals surface area contributed by atoms with E-state index in [4.69, 9.17) is 21.1 Å². The van der Waals surface area contributed by atoms with E-state index in [1.165, 1.54) is 16.7 Å². The van der Waals surface area contributed by atoms with Crippen LogP contribution >= 0.6 is 23.4 Å². The largest absolute Gasteiger partial charge is 0.454 e. The molecule has 1 saturated heterocycles. The van der Waals surface area contributed by atoms with E-state index in [1.54, 1.807) is 24.3 Å². The van der Waals surface area contributed by atoms with Crippen LogP contribution in [0.15, 0.2) is 72.8 Å². The molecule has 0 spiro atoms. The summed E-state index contributed by atoms with van der Waals surface area (Å²) < 4.78 is 10.8. The highest BCUT2D eigenvalue weighted by molar-refractivity contribution is 8.15. The lowest BCUT2D eigenvalue weighted by Crippen LogP contribution is -2.72. The summed E-state index contributed by atoms with van der Waals surface area (Å²) in [6, 6.07) is 22.2. The molecule has 2 heterocycles. The van der Waals surface area contributed by atoms with Crippen LogP contribution in [0.5, 0.6) is 11.5 Å². The number of thioether (sulfide) groups is 1. The molecule has 1 atom stereocenters. The molecule has 3 aromatic carbocycles. The SMILES string of the molecule is O=C1CC(SC(Nc2ccccc2)=[NH+]Cc2ccc3c(c2)OCO3)C(=O)N1c1cccc(Cl)c1. The van der Waals surface area contributed by atoms with E-state index in [0.717, 1.165) is 17.0 Å². The third-order valence-corrected chi connectivity index (χ3v) is 6.72. The van der Waals surface area contributed by atoms with Crippen molar-refractivity contribution in [3.63, 3.8) is 0 Å². The van der Waals surface area contributed by atoms with Gasteiger partial charge in [0, 0.05) is 11.4 Å². The number of rotatable bonds is 5. The minimum atomic E-state index is -0.568. The van der Waals surface area contributed by atoms with Crippen molar-refractivity contribution in [1.82, 2.24) is 0 Å². The fourth-order valence-electron chi connectivity index (χ4n) is 3.73. The second-order valence-corrected chi connectivity index (χ2v) is 9.37. The Labute approximate surface area is 205 Å². The molecule has 9 heteroatoms. The maximum Gasteiger partial charge on any atom is 0.310 e. The zero-order valence-electron chi connectivity index (χ0n) is 18.0. The predicted molar refractivity (Wildman–Crippen MR) is 132 cm³/mol. The van der Waals surface area contributed by atoms with Gasteiger partial charge in [0.05, 0.1) is 5.69 Å². The predicted octanol–water partition coefficient (Wildman–Crippen LogP) is 3.18. The van der Waals surface area contributed by atoms with E-state index in [9.17, 15) is 9.59 Å². The van der Waals surface area contributed by atoms with E-state index in [1.807, 2.05) is 48.5 Å². The van der Waals surface area contributed by atoms with Gasteiger partial charge in [-0.1, -0.05) is 41.9 Å². The number of carbonyl (C=O) groups excluding carboxylic acids is 2. The summed E-state index contributed by atoms with van der Waals surface area (Å²) in [6.45, 7) is 0.710. The smallest absolute Gasteiger partial charge is 0.310 e. The lowest BCUT2D eigenvalue weighted by Gasteiger charge is -2.15. The molecule has 2 N–H and O–H groups in total. The molecule has 2 amide bonds. The average molecular weight is 495 g/mol. The Morgan fingerprint density at radius 3 is 2.68 bits per heavy atom. The van der Waals surface area contributed by atoms with Gasteiger partial charge in [0.2, 0.25) is 18.6 Å². The minimum absolute atomic E-state index is 0.0989. The highest BCUT2D eigenvalue weighted by Gasteiger charge is 2.42. The average Bonchev–Trinajstić information content (AvgIpc) is 3.41. The Morgan fingerprint density at radius 1 is 1.03 bits per heavy atom. The Balaban J connectivity index is 1.36. The topological polar surface area (TPSA) is 81.8 Å². The van der Waals surface area contributed by atoms with Crippen molar-refractivity contribution in [2.45, 2.75) is 18.2 Å². The number of amidine groups is 1. The van der Waals surface area contributed by atoms with Crippen molar-refractivity contribution in [3.05, 3.63) is 83.4 Å². The second kappa shape index (κ2) is 9.79. The van der Waals surface area contributed by atoms with E-state index in [-0.39, 0.29) is 25.0 Å². The number of benzene rings is 3. The van der Waals surface area contributed by atoms with Crippen molar-refractivity contribution >= 4 is 51.7 Å². The first-order valence-electron chi connectivity index (χ1n) is 10.7. The van der Waals surface area contributed by atoms with Gasteiger partial charge in [-0.15, -0.1) is 0 Å². The van der Waals surface area contributed by atoms with Crippen LogP contribution in [-0.4, -0.2) is 29.0 Å². The van der Waals surface area contributed by atoms with Crippen molar-refractivity contribution in [3.8, 4) is 11.5 Å². The Kier molecular flexibility index (Phi) is 6.42. The Hall–Kier alpha value is -3.49. The van der Waals surface area contributed by atoms with Crippen molar-refractivity contribution in [2.24, 2.45) is 0 Å². The van der Waals surface area contributed by atoms with Gasteiger partial charge in [-0.25, -0.2) is 10.2 Å². The molecule has 0 aliphatic carbocycles. The minimum Gasteiger partial charge on any atom is -0.454 e. The molecular weight excluding hydrogens is 474 g/mol. The van der Waals surface area contributed by atoms with Gasteiger partial charge in [-0.2, -0.15) is 0 Å². The van der Waals surface area contributed by atoms with Gasteiger partial charge >= 0.3 is 5.17 Å². The number of hydrogen-bond acceptors (Lipinski definition) is 5. The molecule has 1 unspecified atom stereocenters. The summed E-state index contributed by atoms with van der Waals surface area (Å²) in [7, 11) is 0. The number of nitrogens with one attached hydrogen (secondary N) is 2. The number of amides is 2. The molecule has 3 aromatic rings. The van der Waals surface area contributed by atoms with Crippen LogP contribution in [0.1, 0.15) is 12.0 Å². The van der Waals surface area contributed by atoms with Crippen molar-refractivity contribution in [2.75, 3.05) is 17.0 Å². The number of anilines is 2. The summed E-state index contributed by atoms with van der Waals surface area (Å²) >= 11 is 7.37. The van der Waals surface area contributed by atoms with Gasteiger partial charge in [0.1, 0.15) is 17.5 Å². The van der Waals surface area contributed by atoms with Crippen LogP contribution in [0, 0.1) is 0 Å². The number of fused-ring (bicyclic) bond motifs is 1. The molecule has 0 aromatic heterocycles. The first kappa shape index (κ1) is 22.3. The molecule has 5 rings (SSSR count). The van der Waals surface area contributed by atoms with Gasteiger partial charge in [0.15, 0.2) is 11.5 Å². The van der Waals surface area contributed by atoms with E-state index in [0.29, 0.717) is 28.2 Å². The first-order chi connectivity index (χ1) is 16.6. The molecule has 1 fully saturated rings. The molecule has 172 valence electrons. The third-order valence-electron chi connectivity index (χ3n) is 5.35. The number of ether oxygens (including phenoxy) is 2. The number of nitrogens with zero attached hydrogens (tertiary/aromatic N) is 1. The second-order valence-electron chi connectivity index (χ2n) is 7.72. The van der Waals surface area contributed by atoms with E-state index >= 15 is 0 Å². The number of para-hydroxylation sites is 1. The zero-order chi connectivity index (χ0) is 23.5. The number of imide groups is 1. The maximum absolute atomic E-state index is 13.2. The number of carbonyl (C=O) groups is 2. The third kappa shape index (κ3) is 4.88. The number of halogens is 1. The lowest BCUT2D eigenvalue weighted by atomic mass is 10.2. The maximum atomic E-state index is 13.2. The van der Waals surface area contributed by atoms with Crippen LogP contribution in [0.4, 0.5) is 11.4 Å². The molecular formula is C25H21ClN3O4S+. The monoisotopic (exact) mass is 494 g/mol. The van der Waals surface area contributed by atoms with Gasteiger partial charge in [0.25, 0.3) is 0 Å². The quantitative estimate of drug-likeness (QED) is 0.322. The highest BCUT2D eigenvalue weighted by Crippen LogP contribution is 2.33. The summed E-state index contributed by atoms with van der Waals surface area (Å²) in [6.07, 6.45) is 0.0989. The molecule has 0 saturated carbocycles. The van der Waals surface area contributed by atoms with Gasteiger partial charge < -0.3 is 9.47 Å². The molecule has 2 aliphatic rings. The zero-order valence-corrected chi connectivity index (χ0v) is 19.6. The first-order valence-corrected chi connectivity index (χ1v) is 11.9. The van der Waals surface area contributed by atoms with Crippen LogP contribution < -0.4 is 24.7 Å². The standard InChI is InChI=1S/C25H20ClN3O4S/c26-17-5-4-8-19(12-17)29-23(30)13-22(24(29)31)34-25(28-18-6-2-1-3-7-18)27-14-16-9-10-20-21(11-16)33-15-32-20/h1-12,22H,13-15H2,(H,27,28)/p+1. The molecule has 0 bridgehead atoms. The highest BCUT2D eigenvalue weighted by atomic mass is 35.5.